The lowest BCUT2D eigenvalue weighted by Gasteiger charge is -2.31. The number of carbonyl (C=O) groups is 2. The molecule has 1 aliphatic rings. The second-order valence-electron chi connectivity index (χ2n) is 9.68. The minimum atomic E-state index is 0.137. The lowest BCUT2D eigenvalue weighted by molar-refractivity contribution is 0.0944. The standard InChI is InChI=1S/C29H31N3O2S/c1-4-26(33)22-17-24-25(14-18(22)2)32(29(31-24)23-10-5-6-13-30-23)21-9-7-8-20(15-21)16-27(34)28-12-11-19(3)35-28/h5-6,10-14,17,20-21H,4,7-9,15-16H2,1-3H3/t20-,21+/m0/s1. The van der Waals surface area contributed by atoms with Crippen LogP contribution in [-0.2, 0) is 0 Å². The molecule has 5 rings (SSSR count). The van der Waals surface area contributed by atoms with Gasteiger partial charge in [-0.15, -0.1) is 11.3 Å². The van der Waals surface area contributed by atoms with E-state index in [9.17, 15) is 9.59 Å². The molecule has 180 valence electrons. The maximum Gasteiger partial charge on any atom is 0.173 e. The first kappa shape index (κ1) is 23.6. The zero-order valence-corrected chi connectivity index (χ0v) is 21.4. The van der Waals surface area contributed by atoms with Crippen LogP contribution in [0.15, 0.2) is 48.7 Å². The van der Waals surface area contributed by atoms with Gasteiger partial charge in [0.25, 0.3) is 0 Å². The molecular formula is C29H31N3O2S. The highest BCUT2D eigenvalue weighted by Crippen LogP contribution is 2.40. The molecule has 0 aliphatic heterocycles. The van der Waals surface area contributed by atoms with Crippen LogP contribution in [0.3, 0.4) is 0 Å². The van der Waals surface area contributed by atoms with Gasteiger partial charge in [0.2, 0.25) is 0 Å². The predicted octanol–water partition coefficient (Wildman–Crippen LogP) is 7.37. The number of hydrogen-bond acceptors (Lipinski definition) is 5. The topological polar surface area (TPSA) is 64.8 Å². The van der Waals surface area contributed by atoms with Gasteiger partial charge in [-0.05, 0) is 81.0 Å². The second-order valence-corrected chi connectivity index (χ2v) is 11.0. The van der Waals surface area contributed by atoms with Crippen molar-refractivity contribution >= 4 is 33.9 Å². The van der Waals surface area contributed by atoms with E-state index < -0.39 is 0 Å². The predicted molar refractivity (Wildman–Crippen MR) is 141 cm³/mol. The van der Waals surface area contributed by atoms with Gasteiger partial charge in [-0.25, -0.2) is 4.98 Å². The van der Waals surface area contributed by atoms with Gasteiger partial charge in [0, 0.05) is 35.5 Å². The van der Waals surface area contributed by atoms with Crippen molar-refractivity contribution < 1.29 is 9.59 Å². The van der Waals surface area contributed by atoms with Crippen molar-refractivity contribution in [1.82, 2.24) is 14.5 Å². The number of benzene rings is 1. The summed E-state index contributed by atoms with van der Waals surface area (Å²) < 4.78 is 2.33. The number of nitrogens with zero attached hydrogens (tertiary/aromatic N) is 3. The van der Waals surface area contributed by atoms with Gasteiger partial charge >= 0.3 is 0 Å². The van der Waals surface area contributed by atoms with E-state index in [4.69, 9.17) is 4.98 Å². The van der Waals surface area contributed by atoms with Crippen molar-refractivity contribution in [3.8, 4) is 11.5 Å². The highest BCUT2D eigenvalue weighted by Gasteiger charge is 2.29. The molecular weight excluding hydrogens is 454 g/mol. The zero-order valence-electron chi connectivity index (χ0n) is 20.6. The normalized spacial score (nSPS) is 18.1. The van der Waals surface area contributed by atoms with Crippen LogP contribution in [0.2, 0.25) is 0 Å². The molecule has 0 amide bonds. The Bertz CT molecular complexity index is 1390. The molecule has 0 bridgehead atoms. The molecule has 2 atom stereocenters. The number of hydrogen-bond donors (Lipinski definition) is 0. The third-order valence-corrected chi connectivity index (χ3v) is 8.20. The van der Waals surface area contributed by atoms with Crippen molar-refractivity contribution in [2.75, 3.05) is 0 Å². The van der Waals surface area contributed by atoms with Crippen molar-refractivity contribution in [3.05, 3.63) is 69.5 Å². The number of aryl methyl sites for hydroxylation is 2. The molecule has 3 heterocycles. The summed E-state index contributed by atoms with van der Waals surface area (Å²) in [6, 6.07) is 14.2. The summed E-state index contributed by atoms with van der Waals surface area (Å²) in [7, 11) is 0. The minimum absolute atomic E-state index is 0.137. The van der Waals surface area contributed by atoms with E-state index in [1.807, 2.05) is 57.2 Å². The number of carbonyl (C=O) groups excluding carboxylic acids is 2. The Labute approximate surface area is 210 Å². The van der Waals surface area contributed by atoms with Crippen molar-refractivity contribution in [2.45, 2.75) is 65.3 Å². The quantitative estimate of drug-likeness (QED) is 0.256. The number of Topliss-reactive ketones (excluding diaryl/α,β-unsaturated/α-hetero) is 2. The molecule has 3 aromatic heterocycles. The van der Waals surface area contributed by atoms with Crippen LogP contribution >= 0.6 is 11.3 Å². The maximum atomic E-state index is 12.9. The van der Waals surface area contributed by atoms with Crippen LogP contribution < -0.4 is 0 Å². The van der Waals surface area contributed by atoms with Gasteiger partial charge in [-0.1, -0.05) is 19.4 Å². The molecule has 6 heteroatoms. The van der Waals surface area contributed by atoms with E-state index in [0.717, 1.165) is 64.2 Å². The number of ketones is 2. The molecule has 35 heavy (non-hydrogen) atoms. The lowest BCUT2D eigenvalue weighted by Crippen LogP contribution is -2.22. The number of aromatic nitrogens is 3. The fourth-order valence-corrected chi connectivity index (χ4v) is 6.23. The number of imidazole rings is 1. The summed E-state index contributed by atoms with van der Waals surface area (Å²) >= 11 is 1.59. The average Bonchev–Trinajstić information content (AvgIpc) is 3.47. The summed E-state index contributed by atoms with van der Waals surface area (Å²) in [5, 5.41) is 0. The van der Waals surface area contributed by atoms with Crippen LogP contribution in [0.1, 0.15) is 82.0 Å². The van der Waals surface area contributed by atoms with Gasteiger partial charge in [-0.2, -0.15) is 0 Å². The summed E-state index contributed by atoms with van der Waals surface area (Å²) in [6.45, 7) is 5.94. The molecule has 0 N–H and O–H groups in total. The number of rotatable bonds is 7. The zero-order chi connectivity index (χ0) is 24.5. The van der Waals surface area contributed by atoms with Crippen LogP contribution in [0.5, 0.6) is 0 Å². The average molecular weight is 486 g/mol. The van der Waals surface area contributed by atoms with E-state index >= 15 is 0 Å². The van der Waals surface area contributed by atoms with Gasteiger partial charge in [-0.3, -0.25) is 14.6 Å². The Morgan fingerprint density at radius 2 is 1.94 bits per heavy atom. The van der Waals surface area contributed by atoms with Gasteiger partial charge in [0.05, 0.1) is 15.9 Å². The third kappa shape index (κ3) is 4.72. The Hall–Kier alpha value is -3.12. The Balaban J connectivity index is 1.53. The molecule has 0 spiro atoms. The van der Waals surface area contributed by atoms with Crippen LogP contribution in [0.25, 0.3) is 22.6 Å². The first-order valence-corrected chi connectivity index (χ1v) is 13.3. The smallest absolute Gasteiger partial charge is 0.173 e. The van der Waals surface area contributed by atoms with E-state index in [1.54, 1.807) is 17.5 Å². The largest absolute Gasteiger partial charge is 0.320 e. The van der Waals surface area contributed by atoms with E-state index in [-0.39, 0.29) is 17.6 Å². The Morgan fingerprint density at radius 3 is 2.66 bits per heavy atom. The van der Waals surface area contributed by atoms with Gasteiger partial charge in [0.1, 0.15) is 5.69 Å². The number of fused-ring (bicyclic) bond motifs is 1. The van der Waals surface area contributed by atoms with Crippen molar-refractivity contribution in [2.24, 2.45) is 5.92 Å². The van der Waals surface area contributed by atoms with E-state index in [0.29, 0.717) is 18.8 Å². The summed E-state index contributed by atoms with van der Waals surface area (Å²) in [5.41, 5.74) is 4.43. The van der Waals surface area contributed by atoms with Gasteiger partial charge in [0.15, 0.2) is 17.4 Å². The third-order valence-electron chi connectivity index (χ3n) is 7.16. The molecule has 1 saturated carbocycles. The minimum Gasteiger partial charge on any atom is -0.320 e. The Morgan fingerprint density at radius 1 is 1.09 bits per heavy atom. The molecule has 1 fully saturated rings. The lowest BCUT2D eigenvalue weighted by atomic mass is 9.82. The maximum absolute atomic E-state index is 12.9. The molecule has 1 aliphatic carbocycles. The summed E-state index contributed by atoms with van der Waals surface area (Å²) in [5.74, 6) is 1.58. The highest BCUT2D eigenvalue weighted by molar-refractivity contribution is 7.14. The molecule has 1 aromatic carbocycles. The second kappa shape index (κ2) is 9.86. The van der Waals surface area contributed by atoms with Crippen molar-refractivity contribution in [1.29, 1.82) is 0 Å². The fourth-order valence-electron chi connectivity index (χ4n) is 5.41. The number of thiophene rings is 1. The van der Waals surface area contributed by atoms with Crippen LogP contribution in [0.4, 0.5) is 0 Å². The molecule has 0 radical (unpaired) electrons. The van der Waals surface area contributed by atoms with Crippen LogP contribution in [0, 0.1) is 19.8 Å². The molecule has 5 nitrogen and oxygen atoms in total. The number of pyridine rings is 1. The summed E-state index contributed by atoms with van der Waals surface area (Å²) in [4.78, 5) is 37.1. The van der Waals surface area contributed by atoms with Gasteiger partial charge < -0.3 is 4.57 Å². The first-order chi connectivity index (χ1) is 16.9. The monoisotopic (exact) mass is 485 g/mol. The van der Waals surface area contributed by atoms with E-state index in [2.05, 4.69) is 15.6 Å². The Kier molecular flexibility index (Phi) is 6.65. The molecule has 4 aromatic rings. The van der Waals surface area contributed by atoms with Crippen LogP contribution in [-0.4, -0.2) is 26.1 Å². The fraction of sp³-hybridized carbons (Fsp3) is 0.379. The molecule has 0 saturated heterocycles. The van der Waals surface area contributed by atoms with Crippen molar-refractivity contribution in [3.63, 3.8) is 0 Å². The highest BCUT2D eigenvalue weighted by atomic mass is 32.1. The SMILES string of the molecule is CCC(=O)c1cc2nc(-c3ccccn3)n([C@@H]3CCC[C@H](CC(=O)c4ccc(C)s4)C3)c2cc1C. The summed E-state index contributed by atoms with van der Waals surface area (Å²) in [6.07, 6.45) is 7.00. The van der Waals surface area contributed by atoms with E-state index in [1.165, 1.54) is 4.88 Å². The first-order valence-electron chi connectivity index (χ1n) is 12.5. The molecule has 0 unspecified atom stereocenters.